The van der Waals surface area contributed by atoms with Gasteiger partial charge in [0.25, 0.3) is 0 Å². The van der Waals surface area contributed by atoms with Crippen LogP contribution >= 0.6 is 0 Å². The Hall–Kier alpha value is -3.46. The van der Waals surface area contributed by atoms with Crippen molar-refractivity contribution in [1.29, 1.82) is 5.26 Å². The first kappa shape index (κ1) is 19.9. The topological polar surface area (TPSA) is 80.6 Å². The Kier molecular flexibility index (Phi) is 6.84. The Morgan fingerprint density at radius 2 is 1.67 bits per heavy atom. The van der Waals surface area contributed by atoms with Gasteiger partial charge in [-0.2, -0.15) is 5.26 Å². The molecule has 0 aliphatic carbocycles. The first-order valence-corrected chi connectivity index (χ1v) is 8.31. The number of carbonyl (C=O) groups is 1. The minimum absolute atomic E-state index is 0.185. The molecule has 1 N–H and O–H groups in total. The fraction of sp³-hybridized carbons (Fsp3) is 0.238. The molecule has 0 heterocycles. The Bertz CT molecular complexity index is 842. The number of hydrogen-bond acceptors (Lipinski definition) is 5. The van der Waals surface area contributed by atoms with Crippen molar-refractivity contribution in [3.63, 3.8) is 0 Å². The maximum Gasteiger partial charge on any atom is 0.244 e. The second-order valence-electron chi connectivity index (χ2n) is 5.76. The van der Waals surface area contributed by atoms with E-state index in [0.29, 0.717) is 22.8 Å². The monoisotopic (exact) mass is 366 g/mol. The normalized spacial score (nSPS) is 11.5. The van der Waals surface area contributed by atoms with Crippen LogP contribution in [0, 0.1) is 11.3 Å². The molecule has 6 heteroatoms. The van der Waals surface area contributed by atoms with Crippen molar-refractivity contribution in [2.45, 2.75) is 13.0 Å². The lowest BCUT2D eigenvalue weighted by atomic mass is 10.1. The van der Waals surface area contributed by atoms with Gasteiger partial charge in [0.05, 0.1) is 39.0 Å². The summed E-state index contributed by atoms with van der Waals surface area (Å²) in [4.78, 5) is 12.2. The van der Waals surface area contributed by atoms with Gasteiger partial charge in [-0.1, -0.05) is 12.1 Å². The van der Waals surface area contributed by atoms with Crippen LogP contribution in [0.25, 0.3) is 6.08 Å². The number of rotatable bonds is 7. The van der Waals surface area contributed by atoms with Crippen LogP contribution in [0.2, 0.25) is 0 Å². The van der Waals surface area contributed by atoms with Gasteiger partial charge in [0, 0.05) is 6.08 Å². The predicted molar refractivity (Wildman–Crippen MR) is 103 cm³/mol. The summed E-state index contributed by atoms with van der Waals surface area (Å²) in [5.74, 6) is 1.29. The Morgan fingerprint density at radius 3 is 2.15 bits per heavy atom. The second-order valence-corrected chi connectivity index (χ2v) is 5.76. The molecule has 0 saturated heterocycles. The third-order valence-corrected chi connectivity index (χ3v) is 4.01. The molecule has 1 amide bonds. The molecule has 1 atom stereocenters. The molecule has 1 unspecified atom stereocenters. The van der Waals surface area contributed by atoms with E-state index in [9.17, 15) is 4.79 Å². The van der Waals surface area contributed by atoms with Gasteiger partial charge >= 0.3 is 0 Å². The Morgan fingerprint density at radius 1 is 1.07 bits per heavy atom. The van der Waals surface area contributed by atoms with Crippen LogP contribution < -0.4 is 19.5 Å². The lowest BCUT2D eigenvalue weighted by Gasteiger charge is -2.13. The quantitative estimate of drug-likeness (QED) is 0.759. The molecule has 0 radical (unpaired) electrons. The van der Waals surface area contributed by atoms with Crippen molar-refractivity contribution in [2.75, 3.05) is 21.3 Å². The van der Waals surface area contributed by atoms with Gasteiger partial charge in [-0.05, 0) is 48.4 Å². The highest BCUT2D eigenvalue weighted by atomic mass is 16.5. The number of methoxy groups -OCH3 is 3. The average molecular weight is 366 g/mol. The van der Waals surface area contributed by atoms with Gasteiger partial charge in [-0.25, -0.2) is 0 Å². The van der Waals surface area contributed by atoms with Gasteiger partial charge in [-0.15, -0.1) is 0 Å². The molecule has 0 bridgehead atoms. The van der Waals surface area contributed by atoms with E-state index in [1.54, 1.807) is 30.3 Å². The third kappa shape index (κ3) is 5.02. The highest BCUT2D eigenvalue weighted by molar-refractivity contribution is 5.92. The molecule has 2 aromatic carbocycles. The average Bonchev–Trinajstić information content (AvgIpc) is 2.71. The van der Waals surface area contributed by atoms with E-state index in [2.05, 4.69) is 11.4 Å². The van der Waals surface area contributed by atoms with Crippen molar-refractivity contribution in [1.82, 2.24) is 5.32 Å². The van der Waals surface area contributed by atoms with Gasteiger partial charge in [0.1, 0.15) is 0 Å². The number of nitrogens with one attached hydrogen (secondary N) is 1. The van der Waals surface area contributed by atoms with Gasteiger partial charge in [0.15, 0.2) is 11.5 Å². The van der Waals surface area contributed by atoms with Crippen LogP contribution in [0.4, 0.5) is 0 Å². The van der Waals surface area contributed by atoms with Crippen molar-refractivity contribution >= 4 is 12.0 Å². The standard InChI is InChI=1S/C21H22N2O4/c1-14(17-8-5-15(13-22)6-9-17)23-20(24)10-7-16-11-18(25-2)21(27-4)19(12-16)26-3/h5-12,14H,1-4H3,(H,23,24)/b10-7+. The van der Waals surface area contributed by atoms with Crippen LogP contribution in [0.3, 0.4) is 0 Å². The predicted octanol–water partition coefficient (Wildman–Crippen LogP) is 3.47. The minimum Gasteiger partial charge on any atom is -0.493 e. The summed E-state index contributed by atoms with van der Waals surface area (Å²) in [6, 6.07) is 12.5. The molecular formula is C21H22N2O4. The molecule has 140 valence electrons. The largest absolute Gasteiger partial charge is 0.493 e. The van der Waals surface area contributed by atoms with Crippen LogP contribution in [-0.2, 0) is 4.79 Å². The summed E-state index contributed by atoms with van der Waals surface area (Å²) in [5, 5.41) is 11.7. The molecule has 2 aromatic rings. The lowest BCUT2D eigenvalue weighted by Crippen LogP contribution is -2.24. The smallest absolute Gasteiger partial charge is 0.244 e. The first-order chi connectivity index (χ1) is 13.0. The SMILES string of the molecule is COc1cc(/C=C/C(=O)NC(C)c2ccc(C#N)cc2)cc(OC)c1OC. The highest BCUT2D eigenvalue weighted by Gasteiger charge is 2.12. The summed E-state index contributed by atoms with van der Waals surface area (Å²) in [7, 11) is 4.61. The zero-order valence-electron chi connectivity index (χ0n) is 15.8. The summed E-state index contributed by atoms with van der Waals surface area (Å²) in [6.07, 6.45) is 3.12. The number of amides is 1. The van der Waals surface area contributed by atoms with Gasteiger partial charge < -0.3 is 19.5 Å². The number of ether oxygens (including phenoxy) is 3. The highest BCUT2D eigenvalue weighted by Crippen LogP contribution is 2.38. The zero-order valence-corrected chi connectivity index (χ0v) is 15.8. The number of hydrogen-bond donors (Lipinski definition) is 1. The summed E-state index contributed by atoms with van der Waals surface area (Å²) < 4.78 is 15.9. The number of nitriles is 1. The van der Waals surface area contributed by atoms with E-state index >= 15 is 0 Å². The summed E-state index contributed by atoms with van der Waals surface area (Å²) in [5.41, 5.74) is 2.24. The van der Waals surface area contributed by atoms with E-state index in [-0.39, 0.29) is 11.9 Å². The van der Waals surface area contributed by atoms with E-state index in [0.717, 1.165) is 11.1 Å². The first-order valence-electron chi connectivity index (χ1n) is 8.31. The minimum atomic E-state index is -0.236. The fourth-order valence-corrected chi connectivity index (χ4v) is 2.56. The molecular weight excluding hydrogens is 344 g/mol. The zero-order chi connectivity index (χ0) is 19.8. The molecule has 0 fully saturated rings. The Labute approximate surface area is 159 Å². The van der Waals surface area contributed by atoms with E-state index < -0.39 is 0 Å². The van der Waals surface area contributed by atoms with E-state index in [1.165, 1.54) is 27.4 Å². The van der Waals surface area contributed by atoms with Gasteiger partial charge in [-0.3, -0.25) is 4.79 Å². The van der Waals surface area contributed by atoms with Crippen LogP contribution in [0.1, 0.15) is 29.7 Å². The maximum absolute atomic E-state index is 12.2. The maximum atomic E-state index is 12.2. The summed E-state index contributed by atoms with van der Waals surface area (Å²) >= 11 is 0. The molecule has 0 aromatic heterocycles. The molecule has 0 aliphatic heterocycles. The summed E-state index contributed by atoms with van der Waals surface area (Å²) in [6.45, 7) is 1.88. The molecule has 27 heavy (non-hydrogen) atoms. The second kappa shape index (κ2) is 9.30. The molecule has 0 saturated carbocycles. The van der Waals surface area contributed by atoms with E-state index in [1.807, 2.05) is 19.1 Å². The van der Waals surface area contributed by atoms with E-state index in [4.69, 9.17) is 19.5 Å². The number of benzene rings is 2. The lowest BCUT2D eigenvalue weighted by molar-refractivity contribution is -0.117. The molecule has 6 nitrogen and oxygen atoms in total. The number of nitrogens with zero attached hydrogens (tertiary/aromatic N) is 1. The molecule has 0 spiro atoms. The Balaban J connectivity index is 2.10. The van der Waals surface area contributed by atoms with Crippen molar-refractivity contribution in [3.05, 3.63) is 59.2 Å². The number of carbonyl (C=O) groups excluding carboxylic acids is 1. The van der Waals surface area contributed by atoms with Crippen molar-refractivity contribution in [3.8, 4) is 23.3 Å². The van der Waals surface area contributed by atoms with Crippen LogP contribution in [-0.4, -0.2) is 27.2 Å². The van der Waals surface area contributed by atoms with Crippen molar-refractivity contribution < 1.29 is 19.0 Å². The molecule has 2 rings (SSSR count). The molecule has 0 aliphatic rings. The third-order valence-electron chi connectivity index (χ3n) is 4.01. The fourth-order valence-electron chi connectivity index (χ4n) is 2.56. The van der Waals surface area contributed by atoms with Gasteiger partial charge in [0.2, 0.25) is 11.7 Å². The van der Waals surface area contributed by atoms with Crippen LogP contribution in [0.5, 0.6) is 17.2 Å². The van der Waals surface area contributed by atoms with Crippen molar-refractivity contribution in [2.24, 2.45) is 0 Å². The van der Waals surface area contributed by atoms with Crippen LogP contribution in [0.15, 0.2) is 42.5 Å².